The molecule has 2 atom stereocenters. The molecular weight excluding hydrogens is 694 g/mol. The minimum Gasteiger partial charge on any atom is -0.457 e. The zero-order chi connectivity index (χ0) is 37.4. The number of nitrogens with zero attached hydrogens (tertiary/aromatic N) is 3. The summed E-state index contributed by atoms with van der Waals surface area (Å²) < 4.78 is 7.16. The Labute approximate surface area is 326 Å². The lowest BCUT2D eigenvalue weighted by Gasteiger charge is -2.34. The van der Waals surface area contributed by atoms with Gasteiger partial charge in [-0.25, -0.2) is 9.97 Å². The number of benzene rings is 6. The molecular formula is C50H40ClN3O. The van der Waals surface area contributed by atoms with Crippen LogP contribution in [-0.4, -0.2) is 9.97 Å². The summed E-state index contributed by atoms with van der Waals surface area (Å²) in [6, 6.07) is 43.9. The second-order valence-electron chi connectivity index (χ2n) is 14.6. The minimum absolute atomic E-state index is 0.0766. The molecule has 55 heavy (non-hydrogen) atoms. The zero-order valence-corrected chi connectivity index (χ0v) is 32.2. The van der Waals surface area contributed by atoms with Gasteiger partial charge >= 0.3 is 0 Å². The third-order valence-electron chi connectivity index (χ3n) is 11.7. The molecule has 268 valence electrons. The molecule has 0 saturated carbocycles. The number of rotatable bonds is 3. The molecule has 0 bridgehead atoms. The van der Waals surface area contributed by atoms with Gasteiger partial charge < -0.3 is 9.32 Å². The molecule has 2 aromatic heterocycles. The molecule has 0 fully saturated rings. The summed E-state index contributed by atoms with van der Waals surface area (Å²) in [5.41, 5.74) is 14.2. The highest BCUT2D eigenvalue weighted by molar-refractivity contribution is 6.31. The fourth-order valence-corrected chi connectivity index (χ4v) is 9.48. The minimum atomic E-state index is -0.0883. The summed E-state index contributed by atoms with van der Waals surface area (Å²) in [6.45, 7) is 8.17. The first kappa shape index (κ1) is 33.6. The van der Waals surface area contributed by atoms with Gasteiger partial charge in [-0.05, 0) is 101 Å². The van der Waals surface area contributed by atoms with Crippen LogP contribution in [0, 0.1) is 6.92 Å². The molecule has 8 aromatic rings. The molecule has 0 amide bonds. The number of fused-ring (bicyclic) bond motifs is 13. The Morgan fingerprint density at radius 1 is 0.709 bits per heavy atom. The second-order valence-corrected chi connectivity index (χ2v) is 14.9. The van der Waals surface area contributed by atoms with Gasteiger partial charge in [0.15, 0.2) is 5.15 Å². The Balaban J connectivity index is 0.00000183. The van der Waals surface area contributed by atoms with Crippen LogP contribution in [-0.2, 0) is 0 Å². The Bertz CT molecular complexity index is 2900. The van der Waals surface area contributed by atoms with Crippen LogP contribution in [0.5, 0.6) is 0 Å². The van der Waals surface area contributed by atoms with Gasteiger partial charge in [-0.15, -0.1) is 0 Å². The first-order chi connectivity index (χ1) is 27.0. The van der Waals surface area contributed by atoms with Crippen molar-refractivity contribution in [3.05, 3.63) is 172 Å². The van der Waals surface area contributed by atoms with E-state index >= 15 is 0 Å². The number of hydrogen-bond donors (Lipinski definition) is 0. The van der Waals surface area contributed by atoms with E-state index in [0.29, 0.717) is 10.8 Å². The molecule has 3 aliphatic rings. The van der Waals surface area contributed by atoms with Crippen LogP contribution < -0.4 is 4.90 Å². The summed E-state index contributed by atoms with van der Waals surface area (Å²) in [6.07, 6.45) is 6.34. The van der Waals surface area contributed by atoms with E-state index in [9.17, 15) is 0 Å². The van der Waals surface area contributed by atoms with E-state index in [0.717, 1.165) is 57.6 Å². The van der Waals surface area contributed by atoms with Crippen LogP contribution in [0.15, 0.2) is 143 Å². The van der Waals surface area contributed by atoms with E-state index in [4.69, 9.17) is 26.0 Å². The van der Waals surface area contributed by atoms with Crippen molar-refractivity contribution < 1.29 is 4.42 Å². The van der Waals surface area contributed by atoms with Gasteiger partial charge in [-0.2, -0.15) is 0 Å². The van der Waals surface area contributed by atoms with Crippen molar-refractivity contribution in [2.24, 2.45) is 0 Å². The third kappa shape index (κ3) is 5.12. The molecule has 0 saturated heterocycles. The summed E-state index contributed by atoms with van der Waals surface area (Å²) in [7, 11) is 0. The van der Waals surface area contributed by atoms with Crippen molar-refractivity contribution in [2.45, 2.75) is 52.5 Å². The lowest BCUT2D eigenvalue weighted by atomic mass is 9.76. The maximum atomic E-state index is 7.16. The van der Waals surface area contributed by atoms with Crippen LogP contribution in [0.2, 0.25) is 5.15 Å². The number of halogens is 1. The average molecular weight is 734 g/mol. The Hall–Kier alpha value is -5.97. The SMILES string of the molecule is CC.CC1=C(c2nc(Cl)c(-c3ccc(N4c5cc6ccccc6cc5C5c6ccccc6-c6c(oc7c6ccc6ccccc67)C54)cc3)nc2C)CCC=C1. The lowest BCUT2D eigenvalue weighted by Crippen LogP contribution is -2.25. The van der Waals surface area contributed by atoms with Crippen molar-refractivity contribution >= 4 is 61.1 Å². The molecule has 2 aliphatic carbocycles. The molecule has 6 aromatic carbocycles. The fourth-order valence-electron chi connectivity index (χ4n) is 9.24. The standard InChI is InChI=1S/C48H34ClN3O.C2H6/c1-27-11-3-7-15-34(27)43-28(2)50-44(48(49)51-43)30-19-22-33(23-20-30)52-40-26-32-14-5-4-13-31(32)25-39(40)41-36-17-9-10-18-37(36)42-38-24-21-29-12-6-8-16-35(29)46(38)53-47(42)45(41)52;1-2/h3-6,8-14,16-26,41,45H,7,15H2,1-2H3;1-2H3. The van der Waals surface area contributed by atoms with E-state index in [-0.39, 0.29) is 12.0 Å². The van der Waals surface area contributed by atoms with E-state index in [1.54, 1.807) is 0 Å². The van der Waals surface area contributed by atoms with Crippen LogP contribution in [0.1, 0.15) is 73.8 Å². The summed E-state index contributed by atoms with van der Waals surface area (Å²) in [4.78, 5) is 12.5. The van der Waals surface area contributed by atoms with E-state index in [2.05, 4.69) is 145 Å². The first-order valence-corrected chi connectivity index (χ1v) is 19.8. The molecule has 1 aliphatic heterocycles. The second kappa shape index (κ2) is 13.1. The fraction of sp³-hybridized carbons (Fsp3) is 0.160. The van der Waals surface area contributed by atoms with Gasteiger partial charge in [-0.3, -0.25) is 0 Å². The largest absolute Gasteiger partial charge is 0.457 e. The average Bonchev–Trinajstić information content (AvgIpc) is 3.79. The third-order valence-corrected chi connectivity index (χ3v) is 11.9. The number of aromatic nitrogens is 2. The Morgan fingerprint density at radius 3 is 2.24 bits per heavy atom. The van der Waals surface area contributed by atoms with E-state index < -0.39 is 0 Å². The predicted octanol–water partition coefficient (Wildman–Crippen LogP) is 14.3. The molecule has 0 N–H and O–H groups in total. The van der Waals surface area contributed by atoms with Gasteiger partial charge in [0.1, 0.15) is 23.1 Å². The van der Waals surface area contributed by atoms with E-state index in [1.165, 1.54) is 55.2 Å². The maximum Gasteiger partial charge on any atom is 0.156 e. The van der Waals surface area contributed by atoms with Crippen LogP contribution in [0.4, 0.5) is 11.4 Å². The van der Waals surface area contributed by atoms with Crippen molar-refractivity contribution in [1.82, 2.24) is 9.97 Å². The molecule has 2 unspecified atom stereocenters. The van der Waals surface area contributed by atoms with E-state index in [1.807, 2.05) is 20.8 Å². The zero-order valence-electron chi connectivity index (χ0n) is 31.4. The van der Waals surface area contributed by atoms with Crippen LogP contribution in [0.3, 0.4) is 0 Å². The van der Waals surface area contributed by atoms with Crippen molar-refractivity contribution in [3.8, 4) is 22.4 Å². The van der Waals surface area contributed by atoms with Gasteiger partial charge in [0.25, 0.3) is 0 Å². The number of aryl methyl sites for hydroxylation is 1. The van der Waals surface area contributed by atoms with Crippen molar-refractivity contribution in [1.29, 1.82) is 0 Å². The number of anilines is 2. The highest BCUT2D eigenvalue weighted by Crippen LogP contribution is 2.62. The smallest absolute Gasteiger partial charge is 0.156 e. The van der Waals surface area contributed by atoms with Crippen LogP contribution in [0.25, 0.3) is 60.5 Å². The molecule has 11 rings (SSSR count). The number of furan rings is 1. The molecule has 3 heterocycles. The normalized spacial score (nSPS) is 16.9. The quantitative estimate of drug-likeness (QED) is 0.181. The molecule has 0 spiro atoms. The highest BCUT2D eigenvalue weighted by Gasteiger charge is 2.48. The number of allylic oxidation sites excluding steroid dienone is 4. The van der Waals surface area contributed by atoms with Crippen molar-refractivity contribution in [3.63, 3.8) is 0 Å². The Kier molecular flexibility index (Phi) is 8.00. The monoisotopic (exact) mass is 733 g/mol. The van der Waals surface area contributed by atoms with Gasteiger partial charge in [0.05, 0.1) is 11.4 Å². The summed E-state index contributed by atoms with van der Waals surface area (Å²) in [5.74, 6) is 1.08. The topological polar surface area (TPSA) is 42.2 Å². The first-order valence-electron chi connectivity index (χ1n) is 19.4. The summed E-state index contributed by atoms with van der Waals surface area (Å²) >= 11 is 6.93. The van der Waals surface area contributed by atoms with Gasteiger partial charge in [-0.1, -0.05) is 129 Å². The Morgan fingerprint density at radius 2 is 1.44 bits per heavy atom. The lowest BCUT2D eigenvalue weighted by molar-refractivity contribution is 0.477. The van der Waals surface area contributed by atoms with Gasteiger partial charge in [0, 0.05) is 39.2 Å². The molecule has 0 radical (unpaired) electrons. The van der Waals surface area contributed by atoms with Gasteiger partial charge in [0.2, 0.25) is 0 Å². The molecule has 5 heteroatoms. The van der Waals surface area contributed by atoms with Crippen LogP contribution >= 0.6 is 11.6 Å². The maximum absolute atomic E-state index is 7.16. The molecule has 4 nitrogen and oxygen atoms in total. The predicted molar refractivity (Wildman–Crippen MR) is 229 cm³/mol. The summed E-state index contributed by atoms with van der Waals surface area (Å²) in [5, 5.41) is 6.35. The van der Waals surface area contributed by atoms with Crippen molar-refractivity contribution in [2.75, 3.05) is 4.90 Å². The number of hydrogen-bond acceptors (Lipinski definition) is 4. The highest BCUT2D eigenvalue weighted by atomic mass is 35.5.